The minimum Gasteiger partial charge on any atom is -0.493 e. The molecule has 106 valence electrons. The van der Waals surface area contributed by atoms with Gasteiger partial charge in [0.15, 0.2) is 0 Å². The minimum absolute atomic E-state index is 0.0245. The van der Waals surface area contributed by atoms with Gasteiger partial charge in [-0.1, -0.05) is 13.8 Å². The van der Waals surface area contributed by atoms with E-state index in [1.807, 2.05) is 26.8 Å². The lowest BCUT2D eigenvalue weighted by molar-refractivity contribution is -0.137. The van der Waals surface area contributed by atoms with Gasteiger partial charge in [-0.05, 0) is 61.4 Å². The molecular formula is C16H24O3. The zero-order valence-corrected chi connectivity index (χ0v) is 12.5. The van der Waals surface area contributed by atoms with Crippen LogP contribution in [0.5, 0.6) is 5.75 Å². The number of benzene rings is 1. The molecule has 19 heavy (non-hydrogen) atoms. The number of carbonyl (C=O) groups is 1. The first kappa shape index (κ1) is 15.5. The number of carboxylic acid groups (broad SMARTS) is 1. The van der Waals surface area contributed by atoms with Crippen LogP contribution < -0.4 is 4.74 Å². The number of hydrogen-bond acceptors (Lipinski definition) is 2. The Labute approximate surface area is 115 Å². The third kappa shape index (κ3) is 3.72. The third-order valence-electron chi connectivity index (χ3n) is 3.54. The Hall–Kier alpha value is -1.51. The van der Waals surface area contributed by atoms with Crippen molar-refractivity contribution in [1.29, 1.82) is 0 Å². The van der Waals surface area contributed by atoms with Crippen molar-refractivity contribution in [3.05, 3.63) is 28.3 Å². The van der Waals surface area contributed by atoms with E-state index in [1.54, 1.807) is 0 Å². The maximum absolute atomic E-state index is 10.9. The molecular weight excluding hydrogens is 240 g/mol. The minimum atomic E-state index is -0.754. The molecule has 1 atom stereocenters. The van der Waals surface area contributed by atoms with E-state index in [0.29, 0.717) is 6.61 Å². The number of aryl methyl sites for hydroxylation is 1. The van der Waals surface area contributed by atoms with E-state index < -0.39 is 5.97 Å². The van der Waals surface area contributed by atoms with Gasteiger partial charge >= 0.3 is 5.97 Å². The lowest BCUT2D eigenvalue weighted by Crippen LogP contribution is -2.08. The highest BCUT2D eigenvalue weighted by Gasteiger charge is 2.18. The fourth-order valence-corrected chi connectivity index (χ4v) is 2.55. The Morgan fingerprint density at radius 3 is 2.47 bits per heavy atom. The van der Waals surface area contributed by atoms with E-state index >= 15 is 0 Å². The summed E-state index contributed by atoms with van der Waals surface area (Å²) in [6.45, 7) is 10.9. The van der Waals surface area contributed by atoms with Crippen molar-refractivity contribution >= 4 is 5.97 Å². The SMILES string of the molecule is CCCOc1cc(C)c(C(C)CC(=O)O)c(C)c1C. The second-order valence-electron chi connectivity index (χ2n) is 5.20. The van der Waals surface area contributed by atoms with Crippen molar-refractivity contribution in [1.82, 2.24) is 0 Å². The summed E-state index contributed by atoms with van der Waals surface area (Å²) in [5.41, 5.74) is 4.53. The molecule has 0 radical (unpaired) electrons. The summed E-state index contributed by atoms with van der Waals surface area (Å²) in [7, 11) is 0. The summed E-state index contributed by atoms with van der Waals surface area (Å²) < 4.78 is 5.75. The maximum Gasteiger partial charge on any atom is 0.303 e. The van der Waals surface area contributed by atoms with Crippen LogP contribution in [0.3, 0.4) is 0 Å². The van der Waals surface area contributed by atoms with E-state index in [0.717, 1.165) is 34.4 Å². The fraction of sp³-hybridized carbons (Fsp3) is 0.562. The Morgan fingerprint density at radius 2 is 1.95 bits per heavy atom. The van der Waals surface area contributed by atoms with Crippen LogP contribution >= 0.6 is 0 Å². The first-order chi connectivity index (χ1) is 8.88. The van der Waals surface area contributed by atoms with E-state index in [9.17, 15) is 4.79 Å². The van der Waals surface area contributed by atoms with E-state index in [1.165, 1.54) is 0 Å². The van der Waals surface area contributed by atoms with Crippen molar-refractivity contribution in [2.24, 2.45) is 0 Å². The monoisotopic (exact) mass is 264 g/mol. The lowest BCUT2D eigenvalue weighted by atomic mass is 9.87. The summed E-state index contributed by atoms with van der Waals surface area (Å²) in [6.07, 6.45) is 1.14. The summed E-state index contributed by atoms with van der Waals surface area (Å²) in [5, 5.41) is 8.94. The molecule has 1 aromatic carbocycles. The largest absolute Gasteiger partial charge is 0.493 e. The molecule has 0 aromatic heterocycles. The molecule has 1 aromatic rings. The van der Waals surface area contributed by atoms with Crippen LogP contribution in [-0.2, 0) is 4.79 Å². The van der Waals surface area contributed by atoms with Gasteiger partial charge in [0.05, 0.1) is 13.0 Å². The quantitative estimate of drug-likeness (QED) is 0.845. The molecule has 0 aliphatic carbocycles. The Balaban J connectivity index is 3.14. The van der Waals surface area contributed by atoms with Gasteiger partial charge in [0.25, 0.3) is 0 Å². The molecule has 0 saturated heterocycles. The van der Waals surface area contributed by atoms with Crippen LogP contribution in [0.1, 0.15) is 54.9 Å². The second kappa shape index (κ2) is 6.60. The first-order valence-electron chi connectivity index (χ1n) is 6.83. The van der Waals surface area contributed by atoms with Crippen molar-refractivity contribution in [3.63, 3.8) is 0 Å². The van der Waals surface area contributed by atoms with Crippen molar-refractivity contribution < 1.29 is 14.6 Å². The van der Waals surface area contributed by atoms with Gasteiger partial charge in [0.2, 0.25) is 0 Å². The van der Waals surface area contributed by atoms with E-state index in [2.05, 4.69) is 13.8 Å². The van der Waals surface area contributed by atoms with Crippen LogP contribution in [0.25, 0.3) is 0 Å². The van der Waals surface area contributed by atoms with Crippen LogP contribution in [0, 0.1) is 20.8 Å². The Bertz CT molecular complexity index is 464. The lowest BCUT2D eigenvalue weighted by Gasteiger charge is -2.20. The number of ether oxygens (including phenoxy) is 1. The molecule has 0 spiro atoms. The van der Waals surface area contributed by atoms with Gasteiger partial charge in [-0.25, -0.2) is 0 Å². The van der Waals surface area contributed by atoms with Gasteiger partial charge in [0.1, 0.15) is 5.75 Å². The Kier molecular flexibility index (Phi) is 5.40. The Morgan fingerprint density at radius 1 is 1.32 bits per heavy atom. The molecule has 0 amide bonds. The van der Waals surface area contributed by atoms with Crippen LogP contribution in [-0.4, -0.2) is 17.7 Å². The standard InChI is InChI=1S/C16H24O3/c1-6-7-19-14-8-10(2)16(13(5)12(14)4)11(3)9-15(17)18/h8,11H,6-7,9H2,1-5H3,(H,17,18). The molecule has 0 aliphatic rings. The molecule has 0 heterocycles. The van der Waals surface area contributed by atoms with E-state index in [4.69, 9.17) is 9.84 Å². The fourth-order valence-electron chi connectivity index (χ4n) is 2.55. The smallest absolute Gasteiger partial charge is 0.303 e. The zero-order chi connectivity index (χ0) is 14.6. The number of rotatable bonds is 6. The zero-order valence-electron chi connectivity index (χ0n) is 12.5. The van der Waals surface area contributed by atoms with Gasteiger partial charge in [-0.15, -0.1) is 0 Å². The highest BCUT2D eigenvalue weighted by molar-refractivity contribution is 5.68. The van der Waals surface area contributed by atoms with Crippen molar-refractivity contribution in [3.8, 4) is 5.75 Å². The van der Waals surface area contributed by atoms with Crippen LogP contribution in [0.2, 0.25) is 0 Å². The highest BCUT2D eigenvalue weighted by Crippen LogP contribution is 2.33. The average Bonchev–Trinajstić information content (AvgIpc) is 2.31. The van der Waals surface area contributed by atoms with E-state index in [-0.39, 0.29) is 12.3 Å². The topological polar surface area (TPSA) is 46.5 Å². The first-order valence-corrected chi connectivity index (χ1v) is 6.83. The maximum atomic E-state index is 10.9. The summed E-state index contributed by atoms with van der Waals surface area (Å²) in [6, 6.07) is 2.03. The molecule has 0 fully saturated rings. The predicted octanol–water partition coefficient (Wildman–Crippen LogP) is 3.98. The normalized spacial score (nSPS) is 12.3. The predicted molar refractivity (Wildman–Crippen MR) is 77.1 cm³/mol. The third-order valence-corrected chi connectivity index (χ3v) is 3.54. The average molecular weight is 264 g/mol. The molecule has 0 aliphatic heterocycles. The van der Waals surface area contributed by atoms with Gasteiger partial charge in [-0.3, -0.25) is 4.79 Å². The molecule has 0 bridgehead atoms. The van der Waals surface area contributed by atoms with Gasteiger partial charge < -0.3 is 9.84 Å². The molecule has 1 unspecified atom stereocenters. The molecule has 3 heteroatoms. The summed E-state index contributed by atoms with van der Waals surface area (Å²) >= 11 is 0. The van der Waals surface area contributed by atoms with Crippen molar-refractivity contribution in [2.45, 2.75) is 53.4 Å². The molecule has 3 nitrogen and oxygen atoms in total. The molecule has 1 N–H and O–H groups in total. The summed E-state index contributed by atoms with van der Waals surface area (Å²) in [5.74, 6) is 0.190. The second-order valence-corrected chi connectivity index (χ2v) is 5.20. The summed E-state index contributed by atoms with van der Waals surface area (Å²) in [4.78, 5) is 10.9. The van der Waals surface area contributed by atoms with Crippen molar-refractivity contribution in [2.75, 3.05) is 6.61 Å². The molecule has 1 rings (SSSR count). The van der Waals surface area contributed by atoms with Gasteiger partial charge in [-0.2, -0.15) is 0 Å². The van der Waals surface area contributed by atoms with Crippen LogP contribution in [0.4, 0.5) is 0 Å². The number of aliphatic carboxylic acids is 1. The molecule has 0 saturated carbocycles. The number of hydrogen-bond donors (Lipinski definition) is 1. The number of carboxylic acids is 1. The highest BCUT2D eigenvalue weighted by atomic mass is 16.5. The van der Waals surface area contributed by atoms with Gasteiger partial charge in [0, 0.05) is 0 Å². The van der Waals surface area contributed by atoms with Crippen LogP contribution in [0.15, 0.2) is 6.07 Å².